The number of ether oxygens (including phenoxy) is 1. The van der Waals surface area contributed by atoms with Gasteiger partial charge in [0.15, 0.2) is 0 Å². The fourth-order valence-electron chi connectivity index (χ4n) is 7.93. The zero-order valence-electron chi connectivity index (χ0n) is 19.8. The normalized spacial score (nSPS) is 40.4. The van der Waals surface area contributed by atoms with Crippen molar-refractivity contribution in [2.45, 2.75) is 129 Å². The predicted octanol–water partition coefficient (Wildman–Crippen LogP) is 6.64. The zero-order valence-corrected chi connectivity index (χ0v) is 19.8. The molecule has 4 aliphatic rings. The third kappa shape index (κ3) is 5.08. The van der Waals surface area contributed by atoms with Gasteiger partial charge in [-0.25, -0.2) is 0 Å². The quantitative estimate of drug-likeness (QED) is 0.404. The topological polar surface area (TPSA) is 38.3 Å². The van der Waals surface area contributed by atoms with Gasteiger partial charge in [-0.2, -0.15) is 0 Å². The summed E-state index contributed by atoms with van der Waals surface area (Å²) in [4.78, 5) is 11.9. The summed E-state index contributed by atoms with van der Waals surface area (Å²) in [6, 6.07) is 0.479. The van der Waals surface area contributed by atoms with Gasteiger partial charge in [0.2, 0.25) is 5.91 Å². The highest BCUT2D eigenvalue weighted by Gasteiger charge is 2.55. The molecule has 0 aromatic rings. The van der Waals surface area contributed by atoms with Crippen molar-refractivity contribution in [2.24, 2.45) is 29.1 Å². The Morgan fingerprint density at radius 2 is 1.70 bits per heavy atom. The molecule has 1 aliphatic heterocycles. The molecular weight excluding hydrogens is 370 g/mol. The molecule has 0 radical (unpaired) electrons. The van der Waals surface area contributed by atoms with Crippen LogP contribution < -0.4 is 5.32 Å². The zero-order chi connectivity index (χ0) is 21.0. The van der Waals surface area contributed by atoms with E-state index in [1.165, 1.54) is 89.9 Å². The van der Waals surface area contributed by atoms with Crippen LogP contribution in [0, 0.1) is 29.1 Å². The van der Waals surface area contributed by atoms with Crippen LogP contribution in [0.25, 0.3) is 0 Å². The Morgan fingerprint density at radius 1 is 0.933 bits per heavy atom. The van der Waals surface area contributed by atoms with Crippen molar-refractivity contribution in [1.82, 2.24) is 5.32 Å². The van der Waals surface area contributed by atoms with Crippen LogP contribution >= 0.6 is 0 Å². The van der Waals surface area contributed by atoms with E-state index in [4.69, 9.17) is 4.74 Å². The van der Waals surface area contributed by atoms with E-state index < -0.39 is 0 Å². The molecule has 1 N–H and O–H groups in total. The molecule has 1 amide bonds. The van der Waals surface area contributed by atoms with Crippen molar-refractivity contribution in [3.63, 3.8) is 0 Å². The van der Waals surface area contributed by atoms with E-state index in [9.17, 15) is 4.79 Å². The van der Waals surface area contributed by atoms with Gasteiger partial charge in [0.25, 0.3) is 0 Å². The average Bonchev–Trinajstić information content (AvgIpc) is 3.08. The molecule has 0 aromatic heterocycles. The van der Waals surface area contributed by atoms with E-state index in [0.29, 0.717) is 23.5 Å². The molecule has 0 bridgehead atoms. The number of hydrogen-bond acceptors (Lipinski definition) is 2. The first kappa shape index (κ1) is 22.6. The third-order valence-corrected chi connectivity index (χ3v) is 9.50. The summed E-state index contributed by atoms with van der Waals surface area (Å²) < 4.78 is 6.45. The SMILES string of the molecule is CCCCCCCCCCOC1C[C@H]2[C@@H]3CC[C@H]4NC(=O)CC[C@@H]4[C@H]3CC[C@]2(C)C1. The highest BCUT2D eigenvalue weighted by Crippen LogP contribution is 2.61. The van der Waals surface area contributed by atoms with Crippen LogP contribution in [0.1, 0.15) is 117 Å². The van der Waals surface area contributed by atoms with Crippen LogP contribution in [-0.2, 0) is 9.53 Å². The first-order valence-electron chi connectivity index (χ1n) is 13.5. The Hall–Kier alpha value is -0.570. The van der Waals surface area contributed by atoms with E-state index in [2.05, 4.69) is 19.2 Å². The van der Waals surface area contributed by atoms with Crippen LogP contribution in [0.2, 0.25) is 0 Å². The fourth-order valence-corrected chi connectivity index (χ4v) is 7.93. The van der Waals surface area contributed by atoms with Crippen molar-refractivity contribution >= 4 is 5.91 Å². The molecule has 4 rings (SSSR count). The molecule has 4 fully saturated rings. The first-order valence-corrected chi connectivity index (χ1v) is 13.5. The second-order valence-corrected chi connectivity index (χ2v) is 11.5. The van der Waals surface area contributed by atoms with Crippen molar-refractivity contribution in [2.75, 3.05) is 6.61 Å². The Kier molecular flexibility index (Phi) is 7.81. The minimum Gasteiger partial charge on any atom is -0.378 e. The van der Waals surface area contributed by atoms with Crippen molar-refractivity contribution in [1.29, 1.82) is 0 Å². The van der Waals surface area contributed by atoms with Gasteiger partial charge < -0.3 is 10.1 Å². The lowest BCUT2D eigenvalue weighted by Crippen LogP contribution is -2.55. The summed E-state index contributed by atoms with van der Waals surface area (Å²) >= 11 is 0. The molecule has 3 heteroatoms. The maximum Gasteiger partial charge on any atom is 0.220 e. The molecule has 1 heterocycles. The van der Waals surface area contributed by atoms with Crippen LogP contribution in [0.3, 0.4) is 0 Å². The summed E-state index contributed by atoms with van der Waals surface area (Å²) in [5.74, 6) is 3.65. The summed E-state index contributed by atoms with van der Waals surface area (Å²) in [6.07, 6.45) is 21.3. The third-order valence-electron chi connectivity index (χ3n) is 9.50. The Labute approximate surface area is 185 Å². The number of unbranched alkanes of at least 4 members (excludes halogenated alkanes) is 7. The lowest BCUT2D eigenvalue weighted by atomic mass is 9.52. The number of carbonyl (C=O) groups excluding carboxylic acids is 1. The van der Waals surface area contributed by atoms with Gasteiger partial charge in [0.05, 0.1) is 6.10 Å². The maximum absolute atomic E-state index is 11.9. The summed E-state index contributed by atoms with van der Waals surface area (Å²) in [5, 5.41) is 3.32. The van der Waals surface area contributed by atoms with Crippen molar-refractivity contribution < 1.29 is 9.53 Å². The number of rotatable bonds is 10. The second-order valence-electron chi connectivity index (χ2n) is 11.5. The summed E-state index contributed by atoms with van der Waals surface area (Å²) in [5.41, 5.74) is 0.510. The molecule has 7 atom stereocenters. The highest BCUT2D eigenvalue weighted by atomic mass is 16.5. The smallest absolute Gasteiger partial charge is 0.220 e. The molecule has 3 aliphatic carbocycles. The molecule has 1 unspecified atom stereocenters. The number of carbonyl (C=O) groups is 1. The largest absolute Gasteiger partial charge is 0.378 e. The average molecular weight is 418 g/mol. The second kappa shape index (κ2) is 10.4. The molecule has 0 aromatic carbocycles. The lowest BCUT2D eigenvalue weighted by Gasteiger charge is -2.54. The van der Waals surface area contributed by atoms with Gasteiger partial charge in [-0.15, -0.1) is 0 Å². The van der Waals surface area contributed by atoms with E-state index in [1.54, 1.807) is 0 Å². The highest BCUT2D eigenvalue weighted by molar-refractivity contribution is 5.77. The molecule has 172 valence electrons. The Morgan fingerprint density at radius 3 is 2.50 bits per heavy atom. The van der Waals surface area contributed by atoms with Crippen molar-refractivity contribution in [3.05, 3.63) is 0 Å². The van der Waals surface area contributed by atoms with Gasteiger partial charge >= 0.3 is 0 Å². The molecule has 30 heavy (non-hydrogen) atoms. The Balaban J connectivity index is 1.20. The van der Waals surface area contributed by atoms with Crippen LogP contribution in [-0.4, -0.2) is 24.7 Å². The van der Waals surface area contributed by atoms with Crippen LogP contribution in [0.5, 0.6) is 0 Å². The molecule has 1 saturated heterocycles. The fraction of sp³-hybridized carbons (Fsp3) is 0.963. The first-order chi connectivity index (χ1) is 14.6. The molecule has 3 saturated carbocycles. The van der Waals surface area contributed by atoms with E-state index in [1.807, 2.05) is 0 Å². The van der Waals surface area contributed by atoms with Gasteiger partial charge in [0, 0.05) is 19.1 Å². The summed E-state index contributed by atoms with van der Waals surface area (Å²) in [7, 11) is 0. The van der Waals surface area contributed by atoms with Crippen molar-refractivity contribution in [3.8, 4) is 0 Å². The number of fused-ring (bicyclic) bond motifs is 5. The van der Waals surface area contributed by atoms with E-state index >= 15 is 0 Å². The molecule has 0 spiro atoms. The predicted molar refractivity (Wildman–Crippen MR) is 123 cm³/mol. The van der Waals surface area contributed by atoms with Crippen LogP contribution in [0.4, 0.5) is 0 Å². The van der Waals surface area contributed by atoms with E-state index in [0.717, 1.165) is 43.1 Å². The number of amides is 1. The minimum atomic E-state index is 0.297. The maximum atomic E-state index is 11.9. The Bertz CT molecular complexity index is 563. The monoisotopic (exact) mass is 417 g/mol. The van der Waals surface area contributed by atoms with Gasteiger partial charge in [0.1, 0.15) is 0 Å². The van der Waals surface area contributed by atoms with Gasteiger partial charge in [-0.1, -0.05) is 58.8 Å². The van der Waals surface area contributed by atoms with E-state index in [-0.39, 0.29) is 0 Å². The standard InChI is InChI=1S/C27H47NO2/c1-3-4-5-6-7-8-9-10-17-30-20-18-24-22-11-13-25-23(12-14-26(29)28-25)21(22)15-16-27(24,2)19-20/h20-25H,3-19H2,1-2H3,(H,28,29)/t20?,21-,22+,23+,24-,25+,27+/m0/s1. The summed E-state index contributed by atoms with van der Waals surface area (Å²) in [6.45, 7) is 5.84. The van der Waals surface area contributed by atoms with Gasteiger partial charge in [-0.05, 0) is 80.5 Å². The molecule has 3 nitrogen and oxygen atoms in total. The lowest BCUT2D eigenvalue weighted by molar-refractivity contribution is -0.127. The number of nitrogens with one attached hydrogen (secondary N) is 1. The van der Waals surface area contributed by atoms with Crippen LogP contribution in [0.15, 0.2) is 0 Å². The number of hydrogen-bond donors (Lipinski definition) is 1. The minimum absolute atomic E-state index is 0.297. The molecular formula is C27H47NO2. The van der Waals surface area contributed by atoms with Gasteiger partial charge in [-0.3, -0.25) is 4.79 Å². The number of piperidine rings is 1.